The van der Waals surface area contributed by atoms with Gasteiger partial charge in [-0.2, -0.15) is 0 Å². The highest BCUT2D eigenvalue weighted by atomic mass is 19.1. The molecule has 1 saturated heterocycles. The third-order valence-corrected chi connectivity index (χ3v) is 5.42. The van der Waals surface area contributed by atoms with Crippen molar-refractivity contribution in [3.8, 4) is 0 Å². The van der Waals surface area contributed by atoms with Gasteiger partial charge in [0.15, 0.2) is 0 Å². The molecule has 5 nitrogen and oxygen atoms in total. The maximum atomic E-state index is 13.0. The minimum absolute atomic E-state index is 0.135. The van der Waals surface area contributed by atoms with Crippen molar-refractivity contribution < 1.29 is 14.0 Å². The van der Waals surface area contributed by atoms with Gasteiger partial charge in [-0.25, -0.2) is 4.39 Å². The lowest BCUT2D eigenvalue weighted by molar-refractivity contribution is -0.131. The maximum absolute atomic E-state index is 13.0. The number of hydrogen-bond donors (Lipinski definition) is 1. The average Bonchev–Trinajstić information content (AvgIpc) is 2.76. The second-order valence-electron chi connectivity index (χ2n) is 7.72. The highest BCUT2D eigenvalue weighted by Crippen LogP contribution is 2.20. The Kier molecular flexibility index (Phi) is 7.82. The molecule has 0 saturated carbocycles. The van der Waals surface area contributed by atoms with Crippen LogP contribution in [0, 0.1) is 5.82 Å². The summed E-state index contributed by atoms with van der Waals surface area (Å²) in [6.45, 7) is 5.28. The first-order valence-corrected chi connectivity index (χ1v) is 10.7. The van der Waals surface area contributed by atoms with Gasteiger partial charge >= 0.3 is 0 Å². The van der Waals surface area contributed by atoms with Gasteiger partial charge in [0.25, 0.3) is 0 Å². The number of rotatable bonds is 8. The minimum Gasteiger partial charge on any atom is -0.368 e. The number of benzene rings is 2. The van der Waals surface area contributed by atoms with Crippen LogP contribution in [-0.4, -0.2) is 42.9 Å². The van der Waals surface area contributed by atoms with E-state index < -0.39 is 0 Å². The largest absolute Gasteiger partial charge is 0.368 e. The average molecular weight is 412 g/mol. The lowest BCUT2D eigenvalue weighted by Crippen LogP contribution is -2.48. The molecule has 1 fully saturated rings. The van der Waals surface area contributed by atoms with Crippen LogP contribution in [0.1, 0.15) is 38.2 Å². The number of amides is 2. The number of anilines is 2. The molecule has 1 heterocycles. The highest BCUT2D eigenvalue weighted by Gasteiger charge is 2.20. The first-order chi connectivity index (χ1) is 14.5. The standard InChI is InChI=1S/C24H30FN3O2/c1-2-3-4-5-24(30)28-16-14-27(15-17-28)22-12-10-21(11-13-22)26-23(29)18-19-6-8-20(25)9-7-19/h6-13H,2-5,14-18H2,1H3,(H,26,29). The molecule has 0 unspecified atom stereocenters. The van der Waals surface area contributed by atoms with Crippen molar-refractivity contribution in [3.05, 3.63) is 59.9 Å². The van der Waals surface area contributed by atoms with Crippen LogP contribution in [-0.2, 0) is 16.0 Å². The summed E-state index contributed by atoms with van der Waals surface area (Å²) in [7, 11) is 0. The monoisotopic (exact) mass is 411 g/mol. The van der Waals surface area contributed by atoms with Crippen molar-refractivity contribution in [1.82, 2.24) is 4.90 Å². The van der Waals surface area contributed by atoms with Crippen LogP contribution in [0.5, 0.6) is 0 Å². The fourth-order valence-electron chi connectivity index (χ4n) is 3.65. The van der Waals surface area contributed by atoms with E-state index in [1.54, 1.807) is 12.1 Å². The van der Waals surface area contributed by atoms with Crippen LogP contribution in [0.3, 0.4) is 0 Å². The van der Waals surface area contributed by atoms with Crippen LogP contribution in [0.2, 0.25) is 0 Å². The number of nitrogens with zero attached hydrogens (tertiary/aromatic N) is 2. The lowest BCUT2D eigenvalue weighted by Gasteiger charge is -2.36. The predicted molar refractivity (Wildman–Crippen MR) is 118 cm³/mol. The van der Waals surface area contributed by atoms with Gasteiger partial charge in [0.05, 0.1) is 6.42 Å². The van der Waals surface area contributed by atoms with Crippen molar-refractivity contribution in [1.29, 1.82) is 0 Å². The highest BCUT2D eigenvalue weighted by molar-refractivity contribution is 5.92. The third-order valence-electron chi connectivity index (χ3n) is 5.42. The van der Waals surface area contributed by atoms with E-state index in [1.807, 2.05) is 29.2 Å². The Labute approximate surface area is 177 Å². The molecule has 0 radical (unpaired) electrons. The van der Waals surface area contributed by atoms with Crippen LogP contribution in [0.25, 0.3) is 0 Å². The smallest absolute Gasteiger partial charge is 0.228 e. The van der Waals surface area contributed by atoms with Gasteiger partial charge in [0.2, 0.25) is 11.8 Å². The Bertz CT molecular complexity index is 829. The lowest BCUT2D eigenvalue weighted by atomic mass is 10.1. The third kappa shape index (κ3) is 6.31. The van der Waals surface area contributed by atoms with Gasteiger partial charge in [0.1, 0.15) is 5.82 Å². The summed E-state index contributed by atoms with van der Waals surface area (Å²) in [6.07, 6.45) is 4.07. The van der Waals surface area contributed by atoms with Crippen LogP contribution in [0.4, 0.5) is 15.8 Å². The first-order valence-electron chi connectivity index (χ1n) is 10.7. The molecule has 0 bridgehead atoms. The predicted octanol–water partition coefficient (Wildman–Crippen LogP) is 4.24. The van der Waals surface area contributed by atoms with E-state index in [1.165, 1.54) is 12.1 Å². The number of carbonyl (C=O) groups excluding carboxylic acids is 2. The van der Waals surface area contributed by atoms with Crippen molar-refractivity contribution in [3.63, 3.8) is 0 Å². The summed E-state index contributed by atoms with van der Waals surface area (Å²) in [5, 5.41) is 2.88. The van der Waals surface area contributed by atoms with Crippen molar-refractivity contribution in [2.24, 2.45) is 0 Å². The minimum atomic E-state index is -0.309. The summed E-state index contributed by atoms with van der Waals surface area (Å²) < 4.78 is 13.0. The second kappa shape index (κ2) is 10.8. The van der Waals surface area contributed by atoms with E-state index in [9.17, 15) is 14.0 Å². The molecule has 6 heteroatoms. The second-order valence-corrected chi connectivity index (χ2v) is 7.72. The van der Waals surface area contributed by atoms with E-state index in [0.29, 0.717) is 6.42 Å². The first kappa shape index (κ1) is 21.8. The van der Waals surface area contributed by atoms with E-state index in [0.717, 1.165) is 62.4 Å². The summed E-state index contributed by atoms with van der Waals surface area (Å²) >= 11 is 0. The molecular weight excluding hydrogens is 381 g/mol. The van der Waals surface area contributed by atoms with E-state index in [4.69, 9.17) is 0 Å². The molecular formula is C24H30FN3O2. The summed E-state index contributed by atoms with van der Waals surface area (Å²) in [4.78, 5) is 28.7. The normalized spacial score (nSPS) is 13.9. The molecule has 1 aliphatic rings. The number of unbranched alkanes of at least 4 members (excludes halogenated alkanes) is 2. The number of nitrogens with one attached hydrogen (secondary N) is 1. The molecule has 0 aromatic heterocycles. The van der Waals surface area contributed by atoms with Gasteiger partial charge in [-0.05, 0) is 48.4 Å². The molecule has 30 heavy (non-hydrogen) atoms. The zero-order valence-corrected chi connectivity index (χ0v) is 17.6. The van der Waals surface area contributed by atoms with Crippen LogP contribution >= 0.6 is 0 Å². The van der Waals surface area contributed by atoms with Gasteiger partial charge < -0.3 is 15.1 Å². The maximum Gasteiger partial charge on any atom is 0.228 e. The van der Waals surface area contributed by atoms with Crippen LogP contribution in [0.15, 0.2) is 48.5 Å². The van der Waals surface area contributed by atoms with Gasteiger partial charge in [0, 0.05) is 44.0 Å². The Morgan fingerprint density at radius 1 is 0.933 bits per heavy atom. The number of halogens is 1. The SMILES string of the molecule is CCCCCC(=O)N1CCN(c2ccc(NC(=O)Cc3ccc(F)cc3)cc2)CC1. The Morgan fingerprint density at radius 2 is 1.60 bits per heavy atom. The molecule has 0 spiro atoms. The van der Waals surface area contributed by atoms with Gasteiger partial charge in [-0.3, -0.25) is 9.59 Å². The van der Waals surface area contributed by atoms with E-state index in [-0.39, 0.29) is 24.1 Å². The quantitative estimate of drug-likeness (QED) is 0.661. The van der Waals surface area contributed by atoms with Gasteiger partial charge in [-0.15, -0.1) is 0 Å². The van der Waals surface area contributed by atoms with Gasteiger partial charge in [-0.1, -0.05) is 31.9 Å². The molecule has 0 aliphatic carbocycles. The Hall–Kier alpha value is -2.89. The summed E-state index contributed by atoms with van der Waals surface area (Å²) in [6, 6.07) is 13.7. The van der Waals surface area contributed by atoms with Crippen molar-refractivity contribution in [2.45, 2.75) is 39.0 Å². The fourth-order valence-corrected chi connectivity index (χ4v) is 3.65. The number of piperazine rings is 1. The topological polar surface area (TPSA) is 52.7 Å². The van der Waals surface area contributed by atoms with E-state index in [2.05, 4.69) is 17.1 Å². The van der Waals surface area contributed by atoms with Crippen molar-refractivity contribution in [2.75, 3.05) is 36.4 Å². The number of hydrogen-bond acceptors (Lipinski definition) is 3. The molecule has 2 amide bonds. The number of carbonyl (C=O) groups is 2. The molecule has 2 aromatic carbocycles. The van der Waals surface area contributed by atoms with Crippen LogP contribution < -0.4 is 10.2 Å². The summed E-state index contributed by atoms with van der Waals surface area (Å²) in [5.41, 5.74) is 2.59. The molecule has 3 rings (SSSR count). The zero-order chi connectivity index (χ0) is 21.3. The molecule has 2 aromatic rings. The molecule has 160 valence electrons. The molecule has 1 N–H and O–H groups in total. The Morgan fingerprint density at radius 3 is 2.23 bits per heavy atom. The summed E-state index contributed by atoms with van der Waals surface area (Å²) in [5.74, 6) is -0.177. The molecule has 1 aliphatic heterocycles. The zero-order valence-electron chi connectivity index (χ0n) is 17.6. The fraction of sp³-hybridized carbons (Fsp3) is 0.417. The molecule has 0 atom stereocenters. The Balaban J connectivity index is 1.46. The van der Waals surface area contributed by atoms with E-state index >= 15 is 0 Å². The van der Waals surface area contributed by atoms with Crippen molar-refractivity contribution >= 4 is 23.2 Å².